The van der Waals surface area contributed by atoms with Gasteiger partial charge in [-0.05, 0) is 13.3 Å². The first-order valence-electron chi connectivity index (χ1n) is 5.42. The largest absolute Gasteiger partial charge is 0.508 e. The Bertz CT molecular complexity index is 134. The molecule has 0 amide bonds. The molecule has 3 heteroatoms. The minimum atomic E-state index is -0.596. The molecule has 0 atom stereocenters. The van der Waals surface area contributed by atoms with Crippen molar-refractivity contribution in [3.63, 3.8) is 0 Å². The Kier molecular flexibility index (Phi) is 9.81. The zero-order valence-corrected chi connectivity index (χ0v) is 9.25. The summed E-state index contributed by atoms with van der Waals surface area (Å²) in [7, 11) is 0. The fraction of sp³-hybridized carbons (Fsp3) is 0.818. The normalized spacial score (nSPS) is 9.86. The van der Waals surface area contributed by atoms with Crippen molar-refractivity contribution in [2.75, 3.05) is 6.61 Å². The molecule has 0 unspecified atom stereocenters. The Morgan fingerprint density at radius 1 is 1.14 bits per heavy atom. The molecule has 0 rings (SSSR count). The molecule has 0 N–H and O–H groups in total. The number of unbranched alkanes of at least 4 members (excludes halogenated alkanes) is 5. The topological polar surface area (TPSA) is 35.5 Å². The summed E-state index contributed by atoms with van der Waals surface area (Å²) in [6.45, 7) is 5.63. The number of hydrogen-bond acceptors (Lipinski definition) is 3. The fourth-order valence-corrected chi connectivity index (χ4v) is 1.17. The van der Waals surface area contributed by atoms with Crippen LogP contribution in [0.5, 0.6) is 0 Å². The molecule has 0 heterocycles. The van der Waals surface area contributed by atoms with E-state index in [0.717, 1.165) is 12.8 Å². The van der Waals surface area contributed by atoms with E-state index in [2.05, 4.69) is 11.7 Å². The van der Waals surface area contributed by atoms with Crippen LogP contribution in [-0.4, -0.2) is 12.8 Å². The lowest BCUT2D eigenvalue weighted by molar-refractivity contribution is 0.0734. The molecule has 0 aromatic heterocycles. The zero-order valence-electron chi connectivity index (χ0n) is 9.25. The Hall–Kier alpha value is -0.730. The molecule has 0 aromatic rings. The lowest BCUT2D eigenvalue weighted by atomic mass is 10.1. The van der Waals surface area contributed by atoms with Crippen LogP contribution in [0.1, 0.15) is 52.4 Å². The number of carbonyl (C=O) groups excluding carboxylic acids is 1. The van der Waals surface area contributed by atoms with Crippen molar-refractivity contribution in [3.05, 3.63) is 6.61 Å². The maximum absolute atomic E-state index is 10.7. The highest BCUT2D eigenvalue weighted by Gasteiger charge is 2.00. The molecule has 0 aliphatic rings. The van der Waals surface area contributed by atoms with Crippen LogP contribution >= 0.6 is 0 Å². The minimum absolute atomic E-state index is 0.471. The van der Waals surface area contributed by atoms with E-state index in [1.807, 2.05) is 0 Å². The number of carbonyl (C=O) groups is 1. The fourth-order valence-electron chi connectivity index (χ4n) is 1.17. The maximum Gasteiger partial charge on any atom is 0.508 e. The van der Waals surface area contributed by atoms with Crippen molar-refractivity contribution >= 4 is 6.16 Å². The van der Waals surface area contributed by atoms with Crippen LogP contribution in [0, 0.1) is 6.61 Å². The van der Waals surface area contributed by atoms with Crippen molar-refractivity contribution in [3.8, 4) is 0 Å². The van der Waals surface area contributed by atoms with E-state index < -0.39 is 6.16 Å². The first-order valence-corrected chi connectivity index (χ1v) is 5.42. The summed E-state index contributed by atoms with van der Waals surface area (Å²) in [6.07, 6.45) is 6.53. The van der Waals surface area contributed by atoms with Crippen LogP contribution in [0.4, 0.5) is 4.79 Å². The lowest BCUT2D eigenvalue weighted by Crippen LogP contribution is -2.05. The van der Waals surface area contributed by atoms with Crippen LogP contribution in [0.2, 0.25) is 0 Å². The molecular formula is C11H21O3. The van der Waals surface area contributed by atoms with Crippen molar-refractivity contribution in [1.82, 2.24) is 0 Å². The Balaban J connectivity index is 3.01. The molecule has 0 saturated heterocycles. The summed E-state index contributed by atoms with van der Waals surface area (Å²) in [4.78, 5) is 10.7. The van der Waals surface area contributed by atoms with Crippen LogP contribution in [-0.2, 0) is 9.47 Å². The Morgan fingerprint density at radius 3 is 2.43 bits per heavy atom. The van der Waals surface area contributed by atoms with Gasteiger partial charge >= 0.3 is 6.16 Å². The Labute approximate surface area is 86.8 Å². The average Bonchev–Trinajstić information content (AvgIpc) is 2.17. The second kappa shape index (κ2) is 10.4. The van der Waals surface area contributed by atoms with E-state index >= 15 is 0 Å². The third-order valence-corrected chi connectivity index (χ3v) is 1.93. The molecule has 0 saturated carbocycles. The van der Waals surface area contributed by atoms with Crippen LogP contribution in [0.3, 0.4) is 0 Å². The monoisotopic (exact) mass is 201 g/mol. The van der Waals surface area contributed by atoms with Crippen molar-refractivity contribution in [2.24, 2.45) is 0 Å². The molecule has 0 aromatic carbocycles. The van der Waals surface area contributed by atoms with Gasteiger partial charge in [-0.25, -0.2) is 4.79 Å². The SMILES string of the molecule is C[CH]OC(=O)OCCCCCCCC. The predicted octanol–water partition coefficient (Wildman–Crippen LogP) is 3.68. The summed E-state index contributed by atoms with van der Waals surface area (Å²) in [5.41, 5.74) is 0. The van der Waals surface area contributed by atoms with Gasteiger partial charge in [0.15, 0.2) is 0 Å². The van der Waals surface area contributed by atoms with Gasteiger partial charge in [0.2, 0.25) is 0 Å². The second-order valence-electron chi connectivity index (χ2n) is 3.22. The number of rotatable bonds is 8. The van der Waals surface area contributed by atoms with E-state index in [-0.39, 0.29) is 0 Å². The summed E-state index contributed by atoms with van der Waals surface area (Å²) in [6, 6.07) is 0. The van der Waals surface area contributed by atoms with Crippen molar-refractivity contribution in [1.29, 1.82) is 0 Å². The molecule has 0 aliphatic heterocycles. The van der Waals surface area contributed by atoms with Crippen LogP contribution < -0.4 is 0 Å². The minimum Gasteiger partial charge on any atom is -0.434 e. The quantitative estimate of drug-likeness (QED) is 0.444. The summed E-state index contributed by atoms with van der Waals surface area (Å²) < 4.78 is 9.30. The summed E-state index contributed by atoms with van der Waals surface area (Å²) in [5, 5.41) is 0. The predicted molar refractivity (Wildman–Crippen MR) is 55.8 cm³/mol. The number of hydrogen-bond donors (Lipinski definition) is 0. The van der Waals surface area contributed by atoms with E-state index in [9.17, 15) is 4.79 Å². The Morgan fingerprint density at radius 2 is 1.79 bits per heavy atom. The standard InChI is InChI=1S/C11H21O3/c1-3-5-6-7-8-9-10-14-11(12)13-4-2/h4H,3,5-10H2,1-2H3. The zero-order chi connectivity index (χ0) is 10.6. The molecule has 0 bridgehead atoms. The van der Waals surface area contributed by atoms with E-state index in [1.165, 1.54) is 32.3 Å². The van der Waals surface area contributed by atoms with Gasteiger partial charge in [0, 0.05) is 0 Å². The third kappa shape index (κ3) is 9.36. The van der Waals surface area contributed by atoms with Gasteiger partial charge < -0.3 is 9.47 Å². The second-order valence-corrected chi connectivity index (χ2v) is 3.22. The van der Waals surface area contributed by atoms with E-state index in [1.54, 1.807) is 6.92 Å². The van der Waals surface area contributed by atoms with E-state index in [0.29, 0.717) is 6.61 Å². The van der Waals surface area contributed by atoms with Gasteiger partial charge in [0.1, 0.15) is 6.61 Å². The van der Waals surface area contributed by atoms with Gasteiger partial charge in [0.05, 0.1) is 6.61 Å². The highest BCUT2D eigenvalue weighted by atomic mass is 16.7. The molecule has 0 aliphatic carbocycles. The van der Waals surface area contributed by atoms with Gasteiger partial charge in [-0.3, -0.25) is 0 Å². The lowest BCUT2D eigenvalue weighted by Gasteiger charge is -2.03. The van der Waals surface area contributed by atoms with Gasteiger partial charge in [-0.2, -0.15) is 0 Å². The maximum atomic E-state index is 10.7. The summed E-state index contributed by atoms with van der Waals surface area (Å²) >= 11 is 0. The van der Waals surface area contributed by atoms with Crippen LogP contribution in [0.25, 0.3) is 0 Å². The molecule has 1 radical (unpaired) electrons. The number of ether oxygens (including phenoxy) is 2. The van der Waals surface area contributed by atoms with Crippen LogP contribution in [0.15, 0.2) is 0 Å². The molecule has 83 valence electrons. The smallest absolute Gasteiger partial charge is 0.434 e. The summed E-state index contributed by atoms with van der Waals surface area (Å²) in [5.74, 6) is 0. The van der Waals surface area contributed by atoms with Gasteiger partial charge in [-0.1, -0.05) is 39.0 Å². The van der Waals surface area contributed by atoms with Gasteiger partial charge in [0.25, 0.3) is 0 Å². The van der Waals surface area contributed by atoms with Crippen molar-refractivity contribution < 1.29 is 14.3 Å². The van der Waals surface area contributed by atoms with Gasteiger partial charge in [-0.15, -0.1) is 0 Å². The third-order valence-electron chi connectivity index (χ3n) is 1.93. The molecule has 0 spiro atoms. The van der Waals surface area contributed by atoms with Crippen molar-refractivity contribution in [2.45, 2.75) is 52.4 Å². The first-order chi connectivity index (χ1) is 6.81. The molecule has 3 nitrogen and oxygen atoms in total. The highest BCUT2D eigenvalue weighted by molar-refractivity contribution is 5.60. The molecule has 14 heavy (non-hydrogen) atoms. The van der Waals surface area contributed by atoms with E-state index in [4.69, 9.17) is 4.74 Å². The first kappa shape index (κ1) is 13.3. The average molecular weight is 201 g/mol. The molecule has 0 fully saturated rings. The molecular weight excluding hydrogens is 180 g/mol. The highest BCUT2D eigenvalue weighted by Crippen LogP contribution is 2.05.